The summed E-state index contributed by atoms with van der Waals surface area (Å²) in [4.78, 5) is 11.6. The van der Waals surface area contributed by atoms with Gasteiger partial charge in [0.05, 0.1) is 19.3 Å². The number of ether oxygens (including phenoxy) is 2. The third-order valence-corrected chi connectivity index (χ3v) is 3.95. The fourth-order valence-corrected chi connectivity index (χ4v) is 2.67. The molecular formula is C16H14BrClO4. The van der Waals surface area contributed by atoms with Crippen molar-refractivity contribution >= 4 is 33.5 Å². The van der Waals surface area contributed by atoms with Gasteiger partial charge in [0.25, 0.3) is 0 Å². The Morgan fingerprint density at radius 3 is 2.68 bits per heavy atom. The monoisotopic (exact) mass is 384 g/mol. The molecule has 0 bridgehead atoms. The van der Waals surface area contributed by atoms with Gasteiger partial charge in [0.15, 0.2) is 0 Å². The topological polar surface area (TPSA) is 55.8 Å². The van der Waals surface area contributed by atoms with Crippen LogP contribution >= 0.6 is 27.5 Å². The van der Waals surface area contributed by atoms with Crippen LogP contribution in [0.1, 0.15) is 21.5 Å². The maximum absolute atomic E-state index is 11.6. The molecule has 0 aliphatic carbocycles. The Bertz CT molecular complexity index is 688. The van der Waals surface area contributed by atoms with E-state index in [9.17, 15) is 9.90 Å². The number of hydrogen-bond donors (Lipinski definition) is 1. The van der Waals surface area contributed by atoms with Gasteiger partial charge in [-0.1, -0.05) is 33.6 Å². The van der Waals surface area contributed by atoms with E-state index in [1.54, 1.807) is 30.3 Å². The van der Waals surface area contributed by atoms with E-state index >= 15 is 0 Å². The number of carbonyl (C=O) groups excluding carboxylic acids is 1. The van der Waals surface area contributed by atoms with Crippen LogP contribution < -0.4 is 4.74 Å². The minimum Gasteiger partial charge on any atom is -0.489 e. The Morgan fingerprint density at radius 2 is 2.05 bits per heavy atom. The predicted molar refractivity (Wildman–Crippen MR) is 87.2 cm³/mol. The van der Waals surface area contributed by atoms with Gasteiger partial charge >= 0.3 is 5.97 Å². The van der Waals surface area contributed by atoms with E-state index in [1.165, 1.54) is 7.11 Å². The summed E-state index contributed by atoms with van der Waals surface area (Å²) in [5.41, 5.74) is 1.82. The number of benzene rings is 2. The van der Waals surface area contributed by atoms with Crippen molar-refractivity contribution in [3.63, 3.8) is 0 Å². The lowest BCUT2D eigenvalue weighted by atomic mass is 10.1. The zero-order valence-corrected chi connectivity index (χ0v) is 14.1. The van der Waals surface area contributed by atoms with Crippen molar-refractivity contribution < 1.29 is 19.4 Å². The van der Waals surface area contributed by atoms with E-state index in [-0.39, 0.29) is 6.61 Å². The molecule has 4 nitrogen and oxygen atoms in total. The molecule has 0 radical (unpaired) electrons. The zero-order valence-electron chi connectivity index (χ0n) is 11.8. The lowest BCUT2D eigenvalue weighted by Gasteiger charge is -2.11. The summed E-state index contributed by atoms with van der Waals surface area (Å²) in [6, 6.07) is 10.2. The summed E-state index contributed by atoms with van der Waals surface area (Å²) >= 11 is 9.31. The van der Waals surface area contributed by atoms with Crippen LogP contribution in [-0.2, 0) is 18.0 Å². The number of halogens is 2. The predicted octanol–water partition coefficient (Wildman–Crippen LogP) is 3.96. The number of methoxy groups -OCH3 is 1. The molecule has 0 aliphatic heterocycles. The molecular weight excluding hydrogens is 372 g/mol. The van der Waals surface area contributed by atoms with E-state index in [0.717, 1.165) is 10.0 Å². The third kappa shape index (κ3) is 4.22. The minimum absolute atomic E-state index is 0.189. The molecule has 2 aromatic carbocycles. The molecule has 0 spiro atoms. The van der Waals surface area contributed by atoms with Crippen LogP contribution in [-0.4, -0.2) is 18.2 Å². The van der Waals surface area contributed by atoms with Crippen LogP contribution in [0.25, 0.3) is 0 Å². The molecule has 0 fully saturated rings. The summed E-state index contributed by atoms with van der Waals surface area (Å²) < 4.78 is 11.2. The maximum Gasteiger partial charge on any atom is 0.337 e. The van der Waals surface area contributed by atoms with E-state index in [2.05, 4.69) is 20.7 Å². The van der Waals surface area contributed by atoms with Crippen molar-refractivity contribution in [2.75, 3.05) is 7.11 Å². The largest absolute Gasteiger partial charge is 0.489 e. The van der Waals surface area contributed by atoms with Gasteiger partial charge < -0.3 is 14.6 Å². The second-order valence-corrected chi connectivity index (χ2v) is 5.83. The van der Waals surface area contributed by atoms with Gasteiger partial charge in [-0.15, -0.1) is 0 Å². The quantitative estimate of drug-likeness (QED) is 0.792. The summed E-state index contributed by atoms with van der Waals surface area (Å²) in [5.74, 6) is 0.00150. The Morgan fingerprint density at radius 1 is 1.27 bits per heavy atom. The highest BCUT2D eigenvalue weighted by Crippen LogP contribution is 2.24. The lowest BCUT2D eigenvalue weighted by Crippen LogP contribution is -2.04. The van der Waals surface area contributed by atoms with Crippen molar-refractivity contribution in [3.05, 3.63) is 62.6 Å². The first-order valence-electron chi connectivity index (χ1n) is 6.43. The van der Waals surface area contributed by atoms with E-state index in [4.69, 9.17) is 16.3 Å². The highest BCUT2D eigenvalue weighted by atomic mass is 79.9. The van der Waals surface area contributed by atoms with Gasteiger partial charge in [-0.05, 0) is 35.9 Å². The fraction of sp³-hybridized carbons (Fsp3) is 0.188. The summed E-state index contributed by atoms with van der Waals surface area (Å²) in [5, 5.41) is 9.90. The second kappa shape index (κ2) is 7.63. The maximum atomic E-state index is 11.6. The first-order chi connectivity index (χ1) is 10.5. The molecule has 0 atom stereocenters. The number of esters is 1. The SMILES string of the molecule is COC(=O)c1cc(CO)cc(OCc2ccc(Cl)cc2Br)c1. The molecule has 116 valence electrons. The Kier molecular flexibility index (Phi) is 5.83. The molecule has 2 aromatic rings. The summed E-state index contributed by atoms with van der Waals surface area (Å²) in [6.07, 6.45) is 0. The average Bonchev–Trinajstić information content (AvgIpc) is 2.52. The van der Waals surface area contributed by atoms with Crippen molar-refractivity contribution in [1.29, 1.82) is 0 Å². The molecule has 0 amide bonds. The number of hydrogen-bond acceptors (Lipinski definition) is 4. The Balaban J connectivity index is 2.19. The van der Waals surface area contributed by atoms with Gasteiger partial charge in [0, 0.05) is 15.1 Å². The highest BCUT2D eigenvalue weighted by molar-refractivity contribution is 9.10. The summed E-state index contributed by atoms with van der Waals surface area (Å²) in [7, 11) is 1.30. The minimum atomic E-state index is -0.479. The molecule has 2 rings (SSSR count). The molecule has 22 heavy (non-hydrogen) atoms. The zero-order chi connectivity index (χ0) is 16.1. The molecule has 0 aliphatic rings. The normalized spacial score (nSPS) is 10.4. The molecule has 1 N–H and O–H groups in total. The average molecular weight is 386 g/mol. The van der Waals surface area contributed by atoms with Crippen molar-refractivity contribution in [1.82, 2.24) is 0 Å². The standard InChI is InChI=1S/C16H14BrClO4/c1-21-16(20)12-4-10(8-19)5-14(6-12)22-9-11-2-3-13(18)7-15(11)17/h2-7,19H,8-9H2,1H3. The van der Waals surface area contributed by atoms with E-state index in [0.29, 0.717) is 28.5 Å². The van der Waals surface area contributed by atoms with Crippen LogP contribution in [0.15, 0.2) is 40.9 Å². The smallest absolute Gasteiger partial charge is 0.337 e. The number of aliphatic hydroxyl groups excluding tert-OH is 1. The van der Waals surface area contributed by atoms with Gasteiger partial charge in [-0.2, -0.15) is 0 Å². The molecule has 0 saturated heterocycles. The number of carbonyl (C=O) groups is 1. The first kappa shape index (κ1) is 16.8. The van der Waals surface area contributed by atoms with Crippen molar-refractivity contribution in [2.45, 2.75) is 13.2 Å². The van der Waals surface area contributed by atoms with Gasteiger partial charge in [0.2, 0.25) is 0 Å². The lowest BCUT2D eigenvalue weighted by molar-refractivity contribution is 0.0600. The molecule has 0 aromatic heterocycles. The highest BCUT2D eigenvalue weighted by Gasteiger charge is 2.10. The van der Waals surface area contributed by atoms with Gasteiger partial charge in [-0.3, -0.25) is 0 Å². The van der Waals surface area contributed by atoms with E-state index < -0.39 is 5.97 Å². The Labute approximate surface area is 141 Å². The van der Waals surface area contributed by atoms with Crippen LogP contribution in [0.4, 0.5) is 0 Å². The second-order valence-electron chi connectivity index (χ2n) is 4.54. The number of rotatable bonds is 5. The van der Waals surface area contributed by atoms with Crippen molar-refractivity contribution in [3.8, 4) is 5.75 Å². The van der Waals surface area contributed by atoms with Crippen LogP contribution in [0.3, 0.4) is 0 Å². The molecule has 0 heterocycles. The molecule has 0 saturated carbocycles. The molecule has 6 heteroatoms. The van der Waals surface area contributed by atoms with Crippen LogP contribution in [0.2, 0.25) is 5.02 Å². The van der Waals surface area contributed by atoms with E-state index in [1.807, 2.05) is 6.07 Å². The van der Waals surface area contributed by atoms with Gasteiger partial charge in [0.1, 0.15) is 12.4 Å². The van der Waals surface area contributed by atoms with Gasteiger partial charge in [-0.25, -0.2) is 4.79 Å². The number of aliphatic hydroxyl groups is 1. The fourth-order valence-electron chi connectivity index (χ4n) is 1.87. The Hall–Kier alpha value is -1.56. The van der Waals surface area contributed by atoms with Crippen molar-refractivity contribution in [2.24, 2.45) is 0 Å². The summed E-state index contributed by atoms with van der Waals surface area (Å²) in [6.45, 7) is 0.110. The third-order valence-electron chi connectivity index (χ3n) is 2.98. The van der Waals surface area contributed by atoms with Crippen LogP contribution in [0, 0.1) is 0 Å². The van der Waals surface area contributed by atoms with Crippen LogP contribution in [0.5, 0.6) is 5.75 Å². The first-order valence-corrected chi connectivity index (χ1v) is 7.60. The molecule has 0 unspecified atom stereocenters.